The van der Waals surface area contributed by atoms with Crippen molar-refractivity contribution in [3.05, 3.63) is 77.0 Å². The van der Waals surface area contributed by atoms with Gasteiger partial charge in [0.25, 0.3) is 0 Å². The van der Waals surface area contributed by atoms with Crippen LogP contribution in [0.15, 0.2) is 54.7 Å². The zero-order chi connectivity index (χ0) is 29.2. The minimum atomic E-state index is -0.720. The molecule has 2 fully saturated rings. The number of carbonyl (C=O) groups is 1. The number of likely N-dealkylation sites (tertiary alicyclic amines) is 1. The molecule has 6 heteroatoms. The molecule has 222 valence electrons. The van der Waals surface area contributed by atoms with E-state index in [0.29, 0.717) is 17.8 Å². The first-order chi connectivity index (χ1) is 20.4. The Morgan fingerprint density at radius 1 is 1.10 bits per heavy atom. The van der Waals surface area contributed by atoms with Crippen molar-refractivity contribution < 1.29 is 19.4 Å². The van der Waals surface area contributed by atoms with Crippen LogP contribution in [0.25, 0.3) is 11.1 Å². The number of aliphatic carboxylic acids is 1. The molecule has 2 aromatic carbocycles. The molecule has 1 aliphatic carbocycles. The second kappa shape index (κ2) is 12.5. The van der Waals surface area contributed by atoms with Crippen LogP contribution in [0.4, 0.5) is 0 Å². The van der Waals surface area contributed by atoms with Crippen molar-refractivity contribution in [3.8, 4) is 22.8 Å². The topological polar surface area (TPSA) is 71.9 Å². The lowest BCUT2D eigenvalue weighted by atomic mass is 9.82. The van der Waals surface area contributed by atoms with Gasteiger partial charge < -0.3 is 14.6 Å². The van der Waals surface area contributed by atoms with E-state index in [2.05, 4.69) is 59.3 Å². The number of fused-ring (bicyclic) bond motifs is 1. The maximum atomic E-state index is 11.9. The monoisotopic (exact) mass is 568 g/mol. The fourth-order valence-electron chi connectivity index (χ4n) is 7.27. The fraction of sp³-hybridized carbons (Fsp3) is 0.500. The highest BCUT2D eigenvalue weighted by Gasteiger charge is 2.39. The first-order valence-electron chi connectivity index (χ1n) is 15.8. The normalized spacial score (nSPS) is 22.1. The summed E-state index contributed by atoms with van der Waals surface area (Å²) in [6.07, 6.45) is 10.9. The lowest BCUT2D eigenvalue weighted by Gasteiger charge is -2.36. The van der Waals surface area contributed by atoms with E-state index in [9.17, 15) is 9.90 Å². The Bertz CT molecular complexity index is 1420. The molecule has 3 heterocycles. The predicted molar refractivity (Wildman–Crippen MR) is 165 cm³/mol. The molecule has 0 radical (unpaired) electrons. The Balaban J connectivity index is 1.31. The minimum absolute atomic E-state index is 0.0351. The minimum Gasteiger partial charge on any atom is -0.485 e. The van der Waals surface area contributed by atoms with E-state index in [1.54, 1.807) is 7.11 Å². The van der Waals surface area contributed by atoms with Crippen molar-refractivity contribution >= 4 is 5.97 Å². The summed E-state index contributed by atoms with van der Waals surface area (Å²) >= 11 is 0. The molecule has 0 amide bonds. The number of hydrogen-bond donors (Lipinski definition) is 1. The van der Waals surface area contributed by atoms with E-state index < -0.39 is 11.9 Å². The zero-order valence-electron chi connectivity index (χ0n) is 25.2. The summed E-state index contributed by atoms with van der Waals surface area (Å²) in [6, 6.07) is 18.0. The average Bonchev–Trinajstić information content (AvgIpc) is 3.86. The maximum absolute atomic E-state index is 11.9. The van der Waals surface area contributed by atoms with Crippen LogP contribution < -0.4 is 9.47 Å². The highest BCUT2D eigenvalue weighted by Crippen LogP contribution is 2.48. The number of pyridine rings is 1. The molecule has 1 unspecified atom stereocenters. The van der Waals surface area contributed by atoms with Gasteiger partial charge in [-0.15, -0.1) is 0 Å². The van der Waals surface area contributed by atoms with E-state index in [4.69, 9.17) is 9.47 Å². The quantitative estimate of drug-likeness (QED) is 0.269. The molecular weight excluding hydrogens is 524 g/mol. The molecular formula is C36H44N2O4. The number of hydrogen-bond acceptors (Lipinski definition) is 5. The van der Waals surface area contributed by atoms with E-state index >= 15 is 0 Å². The van der Waals surface area contributed by atoms with Gasteiger partial charge in [-0.05, 0) is 109 Å². The van der Waals surface area contributed by atoms with Gasteiger partial charge in [0, 0.05) is 24.8 Å². The number of ether oxygens (including phenoxy) is 2. The number of benzene rings is 2. The van der Waals surface area contributed by atoms with Crippen molar-refractivity contribution in [2.75, 3.05) is 13.7 Å². The molecule has 3 aliphatic rings. The van der Waals surface area contributed by atoms with E-state index in [1.165, 1.54) is 47.9 Å². The molecule has 1 aromatic heterocycles. The van der Waals surface area contributed by atoms with Crippen molar-refractivity contribution in [3.63, 3.8) is 0 Å². The number of rotatable bonds is 10. The summed E-state index contributed by atoms with van der Waals surface area (Å²) in [5.74, 6) is 0.906. The highest BCUT2D eigenvalue weighted by molar-refractivity contribution is 5.71. The van der Waals surface area contributed by atoms with Crippen LogP contribution in [0, 0.1) is 11.8 Å². The number of carboxylic acids is 1. The molecule has 42 heavy (non-hydrogen) atoms. The first-order valence-corrected chi connectivity index (χ1v) is 15.8. The van der Waals surface area contributed by atoms with Crippen LogP contribution in [0.3, 0.4) is 0 Å². The maximum Gasteiger partial charge on any atom is 0.306 e. The van der Waals surface area contributed by atoms with Crippen LogP contribution in [0.1, 0.15) is 93.1 Å². The predicted octanol–water partition coefficient (Wildman–Crippen LogP) is 7.80. The molecule has 4 atom stereocenters. The van der Waals surface area contributed by atoms with Crippen LogP contribution in [0.5, 0.6) is 11.6 Å². The van der Waals surface area contributed by atoms with E-state index in [-0.39, 0.29) is 12.0 Å². The molecule has 6 rings (SSSR count). The van der Waals surface area contributed by atoms with Gasteiger partial charge in [-0.3, -0.25) is 9.69 Å². The van der Waals surface area contributed by atoms with Crippen molar-refractivity contribution in [2.45, 2.75) is 89.8 Å². The van der Waals surface area contributed by atoms with E-state index in [1.807, 2.05) is 19.2 Å². The Labute approximate surface area is 250 Å². The third kappa shape index (κ3) is 6.05. The number of piperidine rings is 1. The summed E-state index contributed by atoms with van der Waals surface area (Å²) in [6.45, 7) is 6.20. The lowest BCUT2D eigenvalue weighted by Crippen LogP contribution is -2.38. The molecule has 6 nitrogen and oxygen atoms in total. The number of aryl methyl sites for hydroxylation is 1. The summed E-state index contributed by atoms with van der Waals surface area (Å²) < 4.78 is 12.2. The number of carboxylic acid groups (broad SMARTS) is 1. The second-order valence-corrected chi connectivity index (χ2v) is 12.5. The van der Waals surface area contributed by atoms with Gasteiger partial charge in [0.1, 0.15) is 11.9 Å². The van der Waals surface area contributed by atoms with E-state index in [0.717, 1.165) is 55.6 Å². The molecule has 2 aliphatic heterocycles. The summed E-state index contributed by atoms with van der Waals surface area (Å²) in [4.78, 5) is 18.9. The van der Waals surface area contributed by atoms with Crippen LogP contribution in [-0.2, 0) is 17.8 Å². The standard InChI is InChI=1S/C36H44N2O4/c1-4-30-7-5-6-18-38(30)22-29-19-27(12-14-31(29)26-16-17-37-34(21-26)41-3)32-15-13-24-8-11-28(20-33(24)42-32)35(25-9-10-25)23(2)36(39)40/h8,11-12,14,16-17,19-21,23,25,30,32,35H,4-7,9-10,13,15,18,22H2,1-3H3,(H,39,40)/t23-,30?,32-,35-/m0/s1. The third-order valence-electron chi connectivity index (χ3n) is 9.83. The van der Waals surface area contributed by atoms with Gasteiger partial charge in [-0.2, -0.15) is 0 Å². The van der Waals surface area contributed by atoms with Crippen LogP contribution in [0.2, 0.25) is 0 Å². The van der Waals surface area contributed by atoms with Gasteiger partial charge in [-0.1, -0.05) is 50.6 Å². The number of methoxy groups -OCH3 is 1. The number of nitrogens with zero attached hydrogens (tertiary/aromatic N) is 2. The van der Waals surface area contributed by atoms with Gasteiger partial charge >= 0.3 is 5.97 Å². The molecule has 3 aromatic rings. The summed E-state index contributed by atoms with van der Waals surface area (Å²) in [7, 11) is 1.66. The van der Waals surface area contributed by atoms with Gasteiger partial charge in [0.15, 0.2) is 0 Å². The highest BCUT2D eigenvalue weighted by atomic mass is 16.5. The number of aromatic nitrogens is 1. The molecule has 1 saturated heterocycles. The Kier molecular flexibility index (Phi) is 8.53. The summed E-state index contributed by atoms with van der Waals surface area (Å²) in [5, 5.41) is 9.78. The SMILES string of the molecule is CCC1CCCCN1Cc1cc([C@@H]2CCc3ccc([C@H](C4CC4)[C@H](C)C(=O)O)cc3O2)ccc1-c1ccnc(OC)c1. The Morgan fingerprint density at radius 3 is 2.71 bits per heavy atom. The molecule has 1 N–H and O–H groups in total. The molecule has 0 spiro atoms. The summed E-state index contributed by atoms with van der Waals surface area (Å²) in [5.41, 5.74) is 7.17. The molecule has 0 bridgehead atoms. The molecule has 1 saturated carbocycles. The van der Waals surface area contributed by atoms with Gasteiger partial charge in [0.05, 0.1) is 13.0 Å². The Morgan fingerprint density at radius 2 is 1.95 bits per heavy atom. The van der Waals surface area contributed by atoms with Crippen molar-refractivity contribution in [2.24, 2.45) is 11.8 Å². The lowest BCUT2D eigenvalue weighted by molar-refractivity contribution is -0.142. The third-order valence-corrected chi connectivity index (χ3v) is 9.83. The zero-order valence-corrected chi connectivity index (χ0v) is 25.2. The van der Waals surface area contributed by atoms with Crippen LogP contribution in [-0.4, -0.2) is 40.7 Å². The van der Waals surface area contributed by atoms with Gasteiger partial charge in [0.2, 0.25) is 5.88 Å². The van der Waals surface area contributed by atoms with Crippen molar-refractivity contribution in [1.82, 2.24) is 9.88 Å². The largest absolute Gasteiger partial charge is 0.485 e. The van der Waals surface area contributed by atoms with Gasteiger partial charge in [-0.25, -0.2) is 4.98 Å². The van der Waals surface area contributed by atoms with Crippen LogP contribution >= 0.6 is 0 Å². The average molecular weight is 569 g/mol. The first kappa shape index (κ1) is 28.7. The van der Waals surface area contributed by atoms with Crippen molar-refractivity contribution in [1.29, 1.82) is 0 Å². The Hall–Kier alpha value is -3.38. The fourth-order valence-corrected chi connectivity index (χ4v) is 7.27. The smallest absolute Gasteiger partial charge is 0.306 e. The second-order valence-electron chi connectivity index (χ2n) is 12.5.